The van der Waals surface area contributed by atoms with Crippen LogP contribution in [0.5, 0.6) is 0 Å². The standard InChI is InChI=1S/C31H39F3N8O4/c1-5-6-11-45-29(44)41-16-23(17-41)42-15-22(14-37-42)38-27-35-10-9-26(39-27)20-7-8-21(25(12-20)31(32,33)34)13-36-28(43)40-18-24(19-40)46-30(2,3)4/h7-10,12,14-15,23-24H,5-6,11,13,16-19H2,1-4H3,(H,36,43)(H,35,38,39). The van der Waals surface area contributed by atoms with Crippen molar-refractivity contribution >= 4 is 23.8 Å². The Morgan fingerprint density at radius 2 is 1.83 bits per heavy atom. The first-order valence-corrected chi connectivity index (χ1v) is 15.3. The summed E-state index contributed by atoms with van der Waals surface area (Å²) >= 11 is 0. The van der Waals surface area contributed by atoms with Crippen molar-refractivity contribution in [2.24, 2.45) is 0 Å². The fourth-order valence-corrected chi connectivity index (χ4v) is 5.09. The molecule has 0 bridgehead atoms. The molecule has 0 aliphatic carbocycles. The molecule has 12 nitrogen and oxygen atoms in total. The molecule has 2 aromatic heterocycles. The van der Waals surface area contributed by atoms with E-state index in [2.05, 4.69) is 25.7 Å². The lowest BCUT2D eigenvalue weighted by Crippen LogP contribution is -2.59. The van der Waals surface area contributed by atoms with Gasteiger partial charge in [-0.3, -0.25) is 4.68 Å². The zero-order valence-corrected chi connectivity index (χ0v) is 26.3. The van der Waals surface area contributed by atoms with Gasteiger partial charge in [-0.2, -0.15) is 18.3 Å². The first kappa shape index (κ1) is 33.0. The van der Waals surface area contributed by atoms with E-state index in [0.717, 1.165) is 18.9 Å². The van der Waals surface area contributed by atoms with E-state index in [0.29, 0.717) is 38.5 Å². The molecular weight excluding hydrogens is 605 g/mol. The van der Waals surface area contributed by atoms with Gasteiger partial charge in [0, 0.05) is 37.6 Å². The first-order valence-electron chi connectivity index (χ1n) is 15.3. The van der Waals surface area contributed by atoms with E-state index in [-0.39, 0.29) is 53.2 Å². The van der Waals surface area contributed by atoms with Crippen LogP contribution in [0.4, 0.5) is 34.4 Å². The molecule has 46 heavy (non-hydrogen) atoms. The Labute approximate surface area is 265 Å². The first-order chi connectivity index (χ1) is 21.8. The molecule has 2 aliphatic rings. The number of alkyl halides is 3. The maximum absolute atomic E-state index is 14.1. The second kappa shape index (κ2) is 13.5. The molecule has 0 saturated carbocycles. The molecule has 3 aromatic rings. The number of amides is 3. The van der Waals surface area contributed by atoms with Crippen molar-refractivity contribution in [3.05, 3.63) is 54.0 Å². The van der Waals surface area contributed by atoms with E-state index in [4.69, 9.17) is 9.47 Å². The van der Waals surface area contributed by atoms with E-state index < -0.39 is 17.8 Å². The van der Waals surface area contributed by atoms with Gasteiger partial charge in [0.1, 0.15) is 0 Å². The van der Waals surface area contributed by atoms with Crippen LogP contribution in [0.3, 0.4) is 0 Å². The molecule has 2 aliphatic heterocycles. The summed E-state index contributed by atoms with van der Waals surface area (Å²) in [5.41, 5.74) is -0.146. The third-order valence-corrected chi connectivity index (χ3v) is 7.53. The number of nitrogens with one attached hydrogen (secondary N) is 2. The summed E-state index contributed by atoms with van der Waals surface area (Å²) in [4.78, 5) is 36.3. The van der Waals surface area contributed by atoms with Gasteiger partial charge in [-0.15, -0.1) is 0 Å². The predicted molar refractivity (Wildman–Crippen MR) is 163 cm³/mol. The monoisotopic (exact) mass is 644 g/mol. The number of aromatic nitrogens is 4. The Kier molecular flexibility index (Phi) is 9.70. The van der Waals surface area contributed by atoms with Gasteiger partial charge in [-0.25, -0.2) is 19.6 Å². The van der Waals surface area contributed by atoms with Gasteiger partial charge in [0.2, 0.25) is 5.95 Å². The van der Waals surface area contributed by atoms with Gasteiger partial charge >= 0.3 is 18.3 Å². The molecule has 0 spiro atoms. The molecule has 2 N–H and O–H groups in total. The Balaban J connectivity index is 1.19. The Morgan fingerprint density at radius 1 is 1.07 bits per heavy atom. The summed E-state index contributed by atoms with van der Waals surface area (Å²) in [7, 11) is 0. The number of anilines is 2. The van der Waals surface area contributed by atoms with Crippen molar-refractivity contribution in [1.29, 1.82) is 0 Å². The summed E-state index contributed by atoms with van der Waals surface area (Å²) in [5.74, 6) is 0.181. The number of carbonyl (C=O) groups is 2. The Bertz CT molecular complexity index is 1530. The summed E-state index contributed by atoms with van der Waals surface area (Å²) < 4.78 is 55.1. The van der Waals surface area contributed by atoms with Crippen molar-refractivity contribution in [3.63, 3.8) is 0 Å². The average Bonchev–Trinajstić information content (AvgIpc) is 3.39. The van der Waals surface area contributed by atoms with Gasteiger partial charge in [0.05, 0.1) is 60.6 Å². The number of hydrogen-bond acceptors (Lipinski definition) is 8. The second-order valence-corrected chi connectivity index (χ2v) is 12.4. The number of unbranched alkanes of at least 4 members (excludes halogenated alkanes) is 1. The SMILES string of the molecule is CCCCOC(=O)N1CC(n2cc(Nc3nccc(-c4ccc(CNC(=O)N5CC(OC(C)(C)C)C5)c(C(F)(F)F)c4)n3)cn2)C1. The maximum atomic E-state index is 14.1. The van der Waals surface area contributed by atoms with Gasteiger partial charge in [0.25, 0.3) is 0 Å². The van der Waals surface area contributed by atoms with E-state index >= 15 is 0 Å². The van der Waals surface area contributed by atoms with E-state index in [9.17, 15) is 22.8 Å². The van der Waals surface area contributed by atoms with Gasteiger partial charge in [-0.05, 0) is 44.9 Å². The number of halogens is 3. The number of hydrogen-bond donors (Lipinski definition) is 2. The van der Waals surface area contributed by atoms with Crippen molar-refractivity contribution in [2.45, 2.75) is 71.0 Å². The largest absolute Gasteiger partial charge is 0.449 e. The van der Waals surface area contributed by atoms with Crippen LogP contribution in [-0.2, 0) is 22.2 Å². The molecule has 1 aromatic carbocycles. The highest BCUT2D eigenvalue weighted by Gasteiger charge is 2.36. The van der Waals surface area contributed by atoms with E-state index in [1.165, 1.54) is 29.3 Å². The summed E-state index contributed by atoms with van der Waals surface area (Å²) in [5, 5.41) is 9.98. The highest BCUT2D eigenvalue weighted by Crippen LogP contribution is 2.35. The lowest BCUT2D eigenvalue weighted by molar-refractivity contribution is -0.138. The van der Waals surface area contributed by atoms with Crippen LogP contribution in [0.15, 0.2) is 42.9 Å². The number of carbonyl (C=O) groups excluding carboxylic acids is 2. The number of rotatable bonds is 10. The van der Waals surface area contributed by atoms with Crippen molar-refractivity contribution < 1.29 is 32.2 Å². The van der Waals surface area contributed by atoms with Crippen LogP contribution >= 0.6 is 0 Å². The second-order valence-electron chi connectivity index (χ2n) is 12.4. The zero-order chi connectivity index (χ0) is 33.1. The molecule has 0 radical (unpaired) electrons. The average molecular weight is 645 g/mol. The molecular formula is C31H39F3N8O4. The van der Waals surface area contributed by atoms with Gasteiger partial charge < -0.3 is 29.9 Å². The molecule has 2 fully saturated rings. The third-order valence-electron chi connectivity index (χ3n) is 7.53. The minimum Gasteiger partial charge on any atom is -0.449 e. The van der Waals surface area contributed by atoms with Gasteiger partial charge in [0.15, 0.2) is 0 Å². The van der Waals surface area contributed by atoms with Crippen LogP contribution in [0.1, 0.15) is 57.7 Å². The number of benzene rings is 1. The van der Waals surface area contributed by atoms with Gasteiger partial charge in [-0.1, -0.05) is 25.5 Å². The van der Waals surface area contributed by atoms with Crippen molar-refractivity contribution in [3.8, 4) is 11.3 Å². The van der Waals surface area contributed by atoms with Crippen LogP contribution in [0.25, 0.3) is 11.3 Å². The minimum absolute atomic E-state index is 0.00377. The van der Waals surface area contributed by atoms with Crippen LogP contribution in [0.2, 0.25) is 0 Å². The Hall–Kier alpha value is -4.40. The van der Waals surface area contributed by atoms with Crippen molar-refractivity contribution in [1.82, 2.24) is 34.9 Å². The summed E-state index contributed by atoms with van der Waals surface area (Å²) in [6.45, 7) is 9.64. The van der Waals surface area contributed by atoms with Crippen molar-refractivity contribution in [2.75, 3.05) is 38.1 Å². The third kappa shape index (κ3) is 8.24. The van der Waals surface area contributed by atoms with Crippen LogP contribution < -0.4 is 10.6 Å². The molecule has 15 heteroatoms. The highest BCUT2D eigenvalue weighted by atomic mass is 19.4. The van der Waals surface area contributed by atoms with E-state index in [1.54, 1.807) is 22.0 Å². The van der Waals surface area contributed by atoms with E-state index in [1.807, 2.05) is 27.7 Å². The zero-order valence-electron chi connectivity index (χ0n) is 26.3. The van der Waals surface area contributed by atoms with Crippen LogP contribution in [0, 0.1) is 0 Å². The molecule has 0 unspecified atom stereocenters. The van der Waals surface area contributed by atoms with Crippen LogP contribution in [-0.4, -0.2) is 86.2 Å². The number of nitrogens with zero attached hydrogens (tertiary/aromatic N) is 6. The minimum atomic E-state index is -4.65. The maximum Gasteiger partial charge on any atom is 0.416 e. The quantitative estimate of drug-likeness (QED) is 0.273. The molecule has 3 amide bonds. The summed E-state index contributed by atoms with van der Waals surface area (Å²) in [6, 6.07) is 4.98. The summed E-state index contributed by atoms with van der Waals surface area (Å²) in [6.07, 6.45) is 1.48. The lowest BCUT2D eigenvalue weighted by atomic mass is 10.0. The lowest BCUT2D eigenvalue weighted by Gasteiger charge is -2.41. The fraction of sp³-hybridized carbons (Fsp3) is 0.516. The molecule has 0 atom stereocenters. The smallest absolute Gasteiger partial charge is 0.416 e. The molecule has 248 valence electrons. The number of ether oxygens (including phenoxy) is 2. The normalized spacial score (nSPS) is 15.7. The Morgan fingerprint density at radius 3 is 2.52 bits per heavy atom. The fourth-order valence-electron chi connectivity index (χ4n) is 5.09. The number of likely N-dealkylation sites (tertiary alicyclic amines) is 2. The predicted octanol–water partition coefficient (Wildman–Crippen LogP) is 5.60. The molecule has 5 rings (SSSR count). The molecule has 2 saturated heterocycles. The topological polar surface area (TPSA) is 127 Å². The molecule has 4 heterocycles. The number of urea groups is 1. The highest BCUT2D eigenvalue weighted by molar-refractivity contribution is 5.75.